The van der Waals surface area contributed by atoms with Crippen molar-refractivity contribution in [2.45, 2.75) is 75.4 Å². The lowest BCUT2D eigenvalue weighted by molar-refractivity contribution is -0.142. The summed E-state index contributed by atoms with van der Waals surface area (Å²) in [4.78, 5) is 38.4. The summed E-state index contributed by atoms with van der Waals surface area (Å²) in [5, 5.41) is 13.8. The first-order valence-corrected chi connectivity index (χ1v) is 17.7. The summed E-state index contributed by atoms with van der Waals surface area (Å²) in [6, 6.07) is 18.2. The van der Waals surface area contributed by atoms with Crippen LogP contribution < -0.4 is 20.3 Å². The van der Waals surface area contributed by atoms with Crippen LogP contribution in [0.25, 0.3) is 0 Å². The maximum absolute atomic E-state index is 13.8. The molecule has 0 spiro atoms. The third kappa shape index (κ3) is 10.0. The Morgan fingerprint density at radius 2 is 1.68 bits per heavy atom. The Morgan fingerprint density at radius 1 is 1.00 bits per heavy atom. The summed E-state index contributed by atoms with van der Waals surface area (Å²) in [7, 11) is -3.66. The first-order valence-electron chi connectivity index (χ1n) is 15.9. The van der Waals surface area contributed by atoms with E-state index in [1.54, 1.807) is 18.2 Å². The molecule has 0 heterocycles. The van der Waals surface area contributed by atoms with E-state index in [0.717, 1.165) is 31.9 Å². The number of alkyl halides is 1. The number of carbonyl (C=O) groups excluding carboxylic acids is 2. The van der Waals surface area contributed by atoms with Crippen LogP contribution in [0.5, 0.6) is 5.75 Å². The van der Waals surface area contributed by atoms with Gasteiger partial charge in [-0.3, -0.25) is 9.69 Å². The largest absolute Gasteiger partial charge is 0.492 e. The number of halogens is 1. The zero-order valence-electron chi connectivity index (χ0n) is 26.7. The van der Waals surface area contributed by atoms with Gasteiger partial charge < -0.3 is 20.5 Å². The van der Waals surface area contributed by atoms with E-state index in [2.05, 4.69) is 10.6 Å². The van der Waals surface area contributed by atoms with Crippen molar-refractivity contribution >= 4 is 39.1 Å². The van der Waals surface area contributed by atoms with E-state index in [4.69, 9.17) is 9.84 Å². The van der Waals surface area contributed by atoms with Gasteiger partial charge in [0.2, 0.25) is 6.17 Å². The molecule has 1 fully saturated rings. The molecule has 3 aromatic carbocycles. The van der Waals surface area contributed by atoms with Gasteiger partial charge in [-0.1, -0.05) is 56.9 Å². The molecule has 12 heteroatoms. The number of amides is 3. The Kier molecular flexibility index (Phi) is 12.4. The standard InChI is InChI=1S/C35H42FN3O7S/c1-3-4-20-46-31-19-16-28(21-32(31)47(2,44)45)38-35(43)39(29-17-14-26(15-18-29)25-8-6-5-7-9-25)23-24-10-12-27(13-11-24)33(40)37-22-30(36)34(41)42/h10-19,21,25,30H,3-9,20,22-23H2,1-2H3,(H,37,40)(H,38,43)(H,41,42). The number of urea groups is 1. The van der Waals surface area contributed by atoms with Crippen LogP contribution in [0.15, 0.2) is 71.6 Å². The van der Waals surface area contributed by atoms with Gasteiger partial charge in [0.05, 0.1) is 19.7 Å². The highest BCUT2D eigenvalue weighted by atomic mass is 32.2. The molecule has 1 aliphatic rings. The minimum atomic E-state index is -3.66. The average Bonchev–Trinajstić information content (AvgIpc) is 3.06. The van der Waals surface area contributed by atoms with E-state index < -0.39 is 40.5 Å². The summed E-state index contributed by atoms with van der Waals surface area (Å²) >= 11 is 0. The maximum atomic E-state index is 13.8. The third-order valence-electron chi connectivity index (χ3n) is 8.14. The van der Waals surface area contributed by atoms with Crippen molar-refractivity contribution in [2.75, 3.05) is 29.6 Å². The molecule has 3 aromatic rings. The fraction of sp³-hybridized carbons (Fsp3) is 0.400. The lowest BCUT2D eigenvalue weighted by Gasteiger charge is -2.26. The Labute approximate surface area is 275 Å². The lowest BCUT2D eigenvalue weighted by atomic mass is 9.84. The Balaban J connectivity index is 1.57. The number of carboxylic acid groups (broad SMARTS) is 1. The van der Waals surface area contributed by atoms with Crippen molar-refractivity contribution in [3.8, 4) is 5.75 Å². The molecule has 1 unspecified atom stereocenters. The summed E-state index contributed by atoms with van der Waals surface area (Å²) in [5.74, 6) is -1.58. The van der Waals surface area contributed by atoms with E-state index in [1.165, 1.54) is 54.0 Å². The van der Waals surface area contributed by atoms with Gasteiger partial charge in [0.1, 0.15) is 10.6 Å². The van der Waals surface area contributed by atoms with Gasteiger partial charge in [0.25, 0.3) is 5.91 Å². The Bertz CT molecular complexity index is 1640. The normalized spacial score (nSPS) is 14.2. The molecule has 0 bridgehead atoms. The first kappa shape index (κ1) is 35.4. The van der Waals surface area contributed by atoms with Crippen LogP contribution in [0.3, 0.4) is 0 Å². The molecule has 1 atom stereocenters. The van der Waals surface area contributed by atoms with Gasteiger partial charge in [-0.2, -0.15) is 0 Å². The van der Waals surface area contributed by atoms with Crippen molar-refractivity contribution in [3.63, 3.8) is 0 Å². The fourth-order valence-corrected chi connectivity index (χ4v) is 6.30. The van der Waals surface area contributed by atoms with Gasteiger partial charge >= 0.3 is 12.0 Å². The molecule has 0 radical (unpaired) electrons. The summed E-state index contributed by atoms with van der Waals surface area (Å²) < 4.78 is 44.3. The molecule has 0 saturated heterocycles. The van der Waals surface area contributed by atoms with E-state index >= 15 is 0 Å². The Hall–Kier alpha value is -4.45. The van der Waals surface area contributed by atoms with Crippen molar-refractivity contribution in [1.82, 2.24) is 5.32 Å². The second kappa shape index (κ2) is 16.4. The average molecular weight is 668 g/mol. The molecule has 0 aromatic heterocycles. The molecule has 3 N–H and O–H groups in total. The van der Waals surface area contributed by atoms with Crippen LogP contribution in [0.2, 0.25) is 0 Å². The van der Waals surface area contributed by atoms with E-state index in [-0.39, 0.29) is 28.4 Å². The minimum absolute atomic E-state index is 0.0221. The van der Waals surface area contributed by atoms with Gasteiger partial charge in [-0.25, -0.2) is 22.4 Å². The van der Waals surface area contributed by atoms with Gasteiger partial charge in [-0.05, 0) is 78.8 Å². The SMILES string of the molecule is CCCCOc1ccc(NC(=O)N(Cc2ccc(C(=O)NCC(F)C(=O)O)cc2)c2ccc(C3CCCCC3)cc2)cc1S(C)(=O)=O. The smallest absolute Gasteiger partial charge is 0.340 e. The van der Waals surface area contributed by atoms with Crippen LogP contribution in [0, 0.1) is 0 Å². The zero-order valence-corrected chi connectivity index (χ0v) is 27.5. The predicted molar refractivity (Wildman–Crippen MR) is 179 cm³/mol. The van der Waals surface area contributed by atoms with Crippen molar-refractivity contribution < 1.29 is 37.0 Å². The number of carbonyl (C=O) groups is 3. The van der Waals surface area contributed by atoms with E-state index in [9.17, 15) is 27.2 Å². The summed E-state index contributed by atoms with van der Waals surface area (Å²) in [6.45, 7) is 1.83. The van der Waals surface area contributed by atoms with E-state index in [0.29, 0.717) is 23.8 Å². The fourth-order valence-electron chi connectivity index (χ4n) is 5.47. The highest BCUT2D eigenvalue weighted by Gasteiger charge is 2.22. The zero-order chi connectivity index (χ0) is 34.0. The predicted octanol–water partition coefficient (Wildman–Crippen LogP) is 6.71. The number of unbranched alkanes of at least 4 members (excludes halogenated alkanes) is 1. The van der Waals surface area contributed by atoms with Gasteiger partial charge in [0, 0.05) is 23.2 Å². The molecule has 4 rings (SSSR count). The number of anilines is 2. The second-order valence-corrected chi connectivity index (χ2v) is 13.8. The molecular formula is C35H42FN3O7S. The number of ether oxygens (including phenoxy) is 1. The molecule has 0 aliphatic heterocycles. The van der Waals surface area contributed by atoms with Crippen LogP contribution in [0.4, 0.5) is 20.6 Å². The number of aliphatic carboxylic acids is 1. The number of sulfone groups is 1. The molecule has 3 amide bonds. The number of carboxylic acids is 1. The molecular weight excluding hydrogens is 625 g/mol. The van der Waals surface area contributed by atoms with Crippen LogP contribution >= 0.6 is 0 Å². The molecule has 47 heavy (non-hydrogen) atoms. The lowest BCUT2D eigenvalue weighted by Crippen LogP contribution is -2.35. The number of benzene rings is 3. The molecule has 252 valence electrons. The van der Waals surface area contributed by atoms with E-state index in [1.807, 2.05) is 31.2 Å². The monoisotopic (exact) mass is 667 g/mol. The van der Waals surface area contributed by atoms with Crippen LogP contribution in [-0.4, -0.2) is 57.0 Å². The number of hydrogen-bond acceptors (Lipinski definition) is 6. The van der Waals surface area contributed by atoms with Crippen molar-refractivity contribution in [3.05, 3.63) is 83.4 Å². The molecule has 1 saturated carbocycles. The number of rotatable bonds is 14. The number of nitrogens with one attached hydrogen (secondary N) is 2. The number of hydrogen-bond donors (Lipinski definition) is 3. The minimum Gasteiger partial charge on any atom is -0.492 e. The van der Waals surface area contributed by atoms with Gasteiger partial charge in [0.15, 0.2) is 9.84 Å². The number of nitrogens with zero attached hydrogens (tertiary/aromatic N) is 1. The van der Waals surface area contributed by atoms with Gasteiger partial charge in [-0.15, -0.1) is 0 Å². The quantitative estimate of drug-likeness (QED) is 0.162. The van der Waals surface area contributed by atoms with Crippen molar-refractivity contribution in [1.29, 1.82) is 0 Å². The molecule has 1 aliphatic carbocycles. The highest BCUT2D eigenvalue weighted by Crippen LogP contribution is 2.34. The summed E-state index contributed by atoms with van der Waals surface area (Å²) in [6.07, 6.45) is 6.43. The van der Waals surface area contributed by atoms with Crippen molar-refractivity contribution in [2.24, 2.45) is 0 Å². The Morgan fingerprint density at radius 3 is 2.30 bits per heavy atom. The third-order valence-corrected chi connectivity index (χ3v) is 9.26. The van der Waals surface area contributed by atoms with Crippen LogP contribution in [-0.2, 0) is 21.2 Å². The summed E-state index contributed by atoms with van der Waals surface area (Å²) in [5.41, 5.74) is 3.00. The topological polar surface area (TPSA) is 142 Å². The maximum Gasteiger partial charge on any atom is 0.340 e. The van der Waals surface area contributed by atoms with Crippen LogP contribution in [0.1, 0.15) is 79.3 Å². The first-order chi connectivity index (χ1) is 22.5. The molecule has 10 nitrogen and oxygen atoms in total. The second-order valence-electron chi connectivity index (χ2n) is 11.8. The highest BCUT2D eigenvalue weighted by molar-refractivity contribution is 7.90.